The highest BCUT2D eigenvalue weighted by Gasteiger charge is 2.33. The van der Waals surface area contributed by atoms with Crippen LogP contribution in [0.15, 0.2) is 48.5 Å². The number of carbonyl (C=O) groups is 2. The van der Waals surface area contributed by atoms with Gasteiger partial charge in [0.2, 0.25) is 5.91 Å². The third-order valence-corrected chi connectivity index (χ3v) is 4.47. The predicted octanol–water partition coefficient (Wildman–Crippen LogP) is 3.16. The molecule has 25 heavy (non-hydrogen) atoms. The Morgan fingerprint density at radius 2 is 1.84 bits per heavy atom. The van der Waals surface area contributed by atoms with Gasteiger partial charge in [0.25, 0.3) is 0 Å². The molecule has 1 amide bonds. The Labute approximate surface area is 146 Å². The Balaban J connectivity index is 1.53. The summed E-state index contributed by atoms with van der Waals surface area (Å²) in [6, 6.07) is 13.9. The average molecular weight is 340 g/mol. The molecule has 0 aromatic heterocycles. The summed E-state index contributed by atoms with van der Waals surface area (Å²) in [5.74, 6) is -0.583. The number of hydrogen-bond donors (Lipinski definition) is 1. The number of ketones is 1. The normalized spacial score (nSPS) is 17.0. The van der Waals surface area contributed by atoms with Gasteiger partial charge in [0.05, 0.1) is 6.54 Å². The van der Waals surface area contributed by atoms with Gasteiger partial charge in [-0.3, -0.25) is 9.59 Å². The van der Waals surface area contributed by atoms with Crippen molar-refractivity contribution in [3.8, 4) is 0 Å². The molecule has 1 unspecified atom stereocenters. The number of amides is 1. The van der Waals surface area contributed by atoms with Crippen molar-refractivity contribution in [2.45, 2.75) is 19.9 Å². The molecule has 3 rings (SSSR count). The molecule has 5 heteroatoms. The molecular formula is C20H21FN2O2. The fourth-order valence-corrected chi connectivity index (χ4v) is 2.96. The van der Waals surface area contributed by atoms with Crippen LogP contribution in [-0.4, -0.2) is 29.7 Å². The highest BCUT2D eigenvalue weighted by Crippen LogP contribution is 2.21. The maximum Gasteiger partial charge on any atom is 0.223 e. The molecule has 1 aliphatic heterocycles. The molecule has 1 fully saturated rings. The maximum absolute atomic E-state index is 12.9. The van der Waals surface area contributed by atoms with Gasteiger partial charge in [0.15, 0.2) is 5.78 Å². The molecule has 2 aromatic rings. The van der Waals surface area contributed by atoms with Crippen molar-refractivity contribution in [3.63, 3.8) is 0 Å². The summed E-state index contributed by atoms with van der Waals surface area (Å²) < 4.78 is 12.9. The van der Waals surface area contributed by atoms with Crippen LogP contribution in [0.3, 0.4) is 0 Å². The molecule has 0 spiro atoms. The highest BCUT2D eigenvalue weighted by molar-refractivity contribution is 5.92. The van der Waals surface area contributed by atoms with Gasteiger partial charge in [-0.05, 0) is 36.8 Å². The van der Waals surface area contributed by atoms with Gasteiger partial charge in [-0.2, -0.15) is 0 Å². The second kappa shape index (κ2) is 7.47. The molecule has 4 nitrogen and oxygen atoms in total. The summed E-state index contributed by atoms with van der Waals surface area (Å²) in [4.78, 5) is 26.3. The number of hydrogen-bond acceptors (Lipinski definition) is 3. The van der Waals surface area contributed by atoms with Gasteiger partial charge in [-0.25, -0.2) is 4.39 Å². The smallest absolute Gasteiger partial charge is 0.223 e. The second-order valence-corrected chi connectivity index (χ2v) is 6.49. The van der Waals surface area contributed by atoms with E-state index in [0.29, 0.717) is 18.8 Å². The van der Waals surface area contributed by atoms with Crippen molar-refractivity contribution in [1.29, 1.82) is 0 Å². The summed E-state index contributed by atoms with van der Waals surface area (Å²) in [6.45, 7) is 3.15. The van der Waals surface area contributed by atoms with Crippen molar-refractivity contribution in [1.82, 2.24) is 4.90 Å². The molecule has 1 atom stereocenters. The van der Waals surface area contributed by atoms with Crippen molar-refractivity contribution in [2.75, 3.05) is 18.4 Å². The van der Waals surface area contributed by atoms with E-state index in [9.17, 15) is 14.0 Å². The van der Waals surface area contributed by atoms with E-state index in [-0.39, 0.29) is 36.4 Å². The van der Waals surface area contributed by atoms with Gasteiger partial charge in [0.1, 0.15) is 5.82 Å². The monoisotopic (exact) mass is 340 g/mol. The average Bonchev–Trinajstić information content (AvgIpc) is 2.97. The van der Waals surface area contributed by atoms with Crippen LogP contribution in [0.5, 0.6) is 0 Å². The van der Waals surface area contributed by atoms with Crippen LogP contribution in [0.25, 0.3) is 0 Å². The van der Waals surface area contributed by atoms with Crippen molar-refractivity contribution >= 4 is 17.4 Å². The van der Waals surface area contributed by atoms with E-state index in [0.717, 1.165) is 5.56 Å². The molecule has 0 radical (unpaired) electrons. The summed E-state index contributed by atoms with van der Waals surface area (Å²) in [5.41, 5.74) is 2.93. The molecule has 1 heterocycles. The summed E-state index contributed by atoms with van der Waals surface area (Å²) in [7, 11) is 0. The first-order valence-corrected chi connectivity index (χ1v) is 8.37. The van der Waals surface area contributed by atoms with E-state index in [4.69, 9.17) is 0 Å². The minimum atomic E-state index is -0.315. The Morgan fingerprint density at radius 3 is 2.52 bits per heavy atom. The lowest BCUT2D eigenvalue weighted by Crippen LogP contribution is -2.27. The van der Waals surface area contributed by atoms with Crippen molar-refractivity contribution < 1.29 is 14.0 Å². The third-order valence-electron chi connectivity index (χ3n) is 4.47. The minimum absolute atomic E-state index is 0.00378. The number of benzene rings is 2. The Hall–Kier alpha value is -2.69. The quantitative estimate of drug-likeness (QED) is 0.879. The topological polar surface area (TPSA) is 49.4 Å². The Morgan fingerprint density at radius 1 is 1.16 bits per heavy atom. The largest absolute Gasteiger partial charge is 0.378 e. The maximum atomic E-state index is 12.9. The van der Waals surface area contributed by atoms with Gasteiger partial charge in [-0.1, -0.05) is 29.8 Å². The van der Waals surface area contributed by atoms with E-state index < -0.39 is 0 Å². The van der Waals surface area contributed by atoms with Gasteiger partial charge >= 0.3 is 0 Å². The lowest BCUT2D eigenvalue weighted by atomic mass is 10.0. The SMILES string of the molecule is Cc1ccc(CN2CC(C(=O)CNc3ccc(F)cc3)CC2=O)cc1. The molecule has 130 valence electrons. The van der Waals surface area contributed by atoms with Crippen LogP contribution in [0.2, 0.25) is 0 Å². The van der Waals surface area contributed by atoms with Gasteiger partial charge in [0, 0.05) is 31.1 Å². The predicted molar refractivity (Wildman–Crippen MR) is 94.6 cm³/mol. The minimum Gasteiger partial charge on any atom is -0.378 e. The number of aryl methyl sites for hydroxylation is 1. The first-order valence-electron chi connectivity index (χ1n) is 8.37. The summed E-state index contributed by atoms with van der Waals surface area (Å²) in [5, 5.41) is 2.99. The van der Waals surface area contributed by atoms with Crippen LogP contribution >= 0.6 is 0 Å². The number of likely N-dealkylation sites (tertiary alicyclic amines) is 1. The molecular weight excluding hydrogens is 319 g/mol. The molecule has 0 saturated carbocycles. The number of Topliss-reactive ketones (excluding diaryl/α,β-unsaturated/α-hetero) is 1. The van der Waals surface area contributed by atoms with Crippen molar-refractivity contribution in [2.24, 2.45) is 5.92 Å². The number of nitrogens with one attached hydrogen (secondary N) is 1. The molecule has 1 aliphatic rings. The number of halogens is 1. The van der Waals surface area contributed by atoms with E-state index in [1.165, 1.54) is 17.7 Å². The molecule has 2 aromatic carbocycles. The molecule has 0 bridgehead atoms. The number of nitrogens with zero attached hydrogens (tertiary/aromatic N) is 1. The van der Waals surface area contributed by atoms with Gasteiger partial charge < -0.3 is 10.2 Å². The fraction of sp³-hybridized carbons (Fsp3) is 0.300. The standard InChI is InChI=1S/C20H21FN2O2/c1-14-2-4-15(5-3-14)12-23-13-16(10-20(23)25)19(24)11-22-18-8-6-17(21)7-9-18/h2-9,16,22H,10-13H2,1H3. The van der Waals surface area contributed by atoms with Crippen LogP contribution < -0.4 is 5.32 Å². The molecule has 0 aliphatic carbocycles. The van der Waals surface area contributed by atoms with E-state index in [2.05, 4.69) is 5.32 Å². The Bertz CT molecular complexity index is 756. The summed E-state index contributed by atoms with van der Waals surface area (Å²) in [6.07, 6.45) is 0.260. The lowest BCUT2D eigenvalue weighted by molar-refractivity contribution is -0.128. The van der Waals surface area contributed by atoms with Crippen molar-refractivity contribution in [3.05, 3.63) is 65.5 Å². The molecule has 1 saturated heterocycles. The summed E-state index contributed by atoms with van der Waals surface area (Å²) >= 11 is 0. The number of carbonyl (C=O) groups excluding carboxylic acids is 2. The first-order chi connectivity index (χ1) is 12.0. The second-order valence-electron chi connectivity index (χ2n) is 6.49. The zero-order chi connectivity index (χ0) is 17.8. The first kappa shape index (κ1) is 17.1. The fourth-order valence-electron chi connectivity index (χ4n) is 2.96. The van der Waals surface area contributed by atoms with E-state index in [1.54, 1.807) is 17.0 Å². The zero-order valence-electron chi connectivity index (χ0n) is 14.2. The highest BCUT2D eigenvalue weighted by atomic mass is 19.1. The lowest BCUT2D eigenvalue weighted by Gasteiger charge is -2.17. The van der Waals surface area contributed by atoms with E-state index in [1.807, 2.05) is 31.2 Å². The van der Waals surface area contributed by atoms with Gasteiger partial charge in [-0.15, -0.1) is 0 Å². The number of anilines is 1. The van der Waals surface area contributed by atoms with Crippen LogP contribution in [-0.2, 0) is 16.1 Å². The zero-order valence-corrected chi connectivity index (χ0v) is 14.2. The number of rotatable bonds is 6. The van der Waals surface area contributed by atoms with Crippen LogP contribution in [0, 0.1) is 18.7 Å². The van der Waals surface area contributed by atoms with Crippen LogP contribution in [0.4, 0.5) is 10.1 Å². The van der Waals surface area contributed by atoms with Crippen LogP contribution in [0.1, 0.15) is 17.5 Å². The third kappa shape index (κ3) is 4.44. The molecule has 1 N–H and O–H groups in total. The Kier molecular flexibility index (Phi) is 5.12. The van der Waals surface area contributed by atoms with E-state index >= 15 is 0 Å².